The molecule has 6 heteroatoms. The van der Waals surface area contributed by atoms with Gasteiger partial charge in [-0.05, 0) is 25.1 Å². The summed E-state index contributed by atoms with van der Waals surface area (Å²) >= 11 is 5.37. The number of ketones is 1. The van der Waals surface area contributed by atoms with E-state index in [1.54, 1.807) is 0 Å². The molecule has 116 valence electrons. The fourth-order valence-electron chi connectivity index (χ4n) is 1.14. The fourth-order valence-corrected chi connectivity index (χ4v) is 1.36. The Morgan fingerprint density at radius 1 is 1.20 bits per heavy atom. The minimum atomic E-state index is -4.62. The van der Waals surface area contributed by atoms with E-state index in [1.165, 1.54) is 6.92 Å². The molecule has 0 spiro atoms. The van der Waals surface area contributed by atoms with Crippen LogP contribution in [0.4, 0.5) is 13.2 Å². The molecule has 0 bridgehead atoms. The molecule has 1 rings (SSSR count). The van der Waals surface area contributed by atoms with Gasteiger partial charge in [0.2, 0.25) is 0 Å². The van der Waals surface area contributed by atoms with E-state index in [4.69, 9.17) is 16.7 Å². The molecule has 2 nitrogen and oxygen atoms in total. The highest BCUT2D eigenvalue weighted by atomic mass is 35.5. The lowest BCUT2D eigenvalue weighted by atomic mass is 10.0. The molecule has 0 aromatic heterocycles. The summed E-state index contributed by atoms with van der Waals surface area (Å²) in [6.45, 7) is 9.18. The number of Topliss-reactive ketones (excluding diaryl/α,β-unsaturated/α-hetero) is 1. The number of benzene rings is 1. The van der Waals surface area contributed by atoms with E-state index >= 15 is 0 Å². The number of alkyl halides is 3. The highest BCUT2D eigenvalue weighted by Crippen LogP contribution is 2.35. The van der Waals surface area contributed by atoms with Gasteiger partial charge in [0.15, 0.2) is 5.78 Å². The number of rotatable bonds is 2. The topological polar surface area (TPSA) is 37.3 Å². The second-order valence-corrected chi connectivity index (χ2v) is 3.64. The van der Waals surface area contributed by atoms with E-state index in [-0.39, 0.29) is 5.56 Å². The van der Waals surface area contributed by atoms with Gasteiger partial charge < -0.3 is 5.11 Å². The second-order valence-electron chi connectivity index (χ2n) is 3.23. The first-order valence-corrected chi connectivity index (χ1v) is 6.70. The van der Waals surface area contributed by atoms with Gasteiger partial charge in [-0.1, -0.05) is 39.3 Å². The standard InChI is InChI=1S/C10H8ClF3O2.2C2H6/c1-5(15)9(16)6-2-3-8(11)7(4-6)10(12,13)14;2*1-2/h2-5,15H,1H3;2*1-2H3. The zero-order valence-electron chi connectivity index (χ0n) is 12.2. The Hall–Kier alpha value is -1.07. The summed E-state index contributed by atoms with van der Waals surface area (Å²) in [7, 11) is 0. The van der Waals surface area contributed by atoms with Gasteiger partial charge in [0.25, 0.3) is 0 Å². The molecule has 0 amide bonds. The maximum absolute atomic E-state index is 12.4. The summed E-state index contributed by atoms with van der Waals surface area (Å²) in [5.41, 5.74) is -1.30. The van der Waals surface area contributed by atoms with Crippen LogP contribution in [0.15, 0.2) is 18.2 Å². The molecule has 1 N–H and O–H groups in total. The third kappa shape index (κ3) is 6.39. The van der Waals surface area contributed by atoms with Gasteiger partial charge in [-0.25, -0.2) is 0 Å². The number of hydrogen-bond donors (Lipinski definition) is 1. The normalized spacial score (nSPS) is 11.5. The highest BCUT2D eigenvalue weighted by Gasteiger charge is 2.34. The highest BCUT2D eigenvalue weighted by molar-refractivity contribution is 6.31. The number of aliphatic hydroxyl groups is 1. The third-order valence-electron chi connectivity index (χ3n) is 1.94. The summed E-state index contributed by atoms with van der Waals surface area (Å²) in [4.78, 5) is 11.3. The maximum atomic E-state index is 12.4. The van der Waals surface area contributed by atoms with Crippen LogP contribution in [0.2, 0.25) is 5.02 Å². The first kappa shape index (κ1) is 21.2. The van der Waals surface area contributed by atoms with E-state index in [2.05, 4.69) is 0 Å². The molecular formula is C14H20ClF3O2. The lowest BCUT2D eigenvalue weighted by Gasteiger charge is -2.11. The Morgan fingerprint density at radius 3 is 2.00 bits per heavy atom. The van der Waals surface area contributed by atoms with Crippen molar-refractivity contribution in [1.29, 1.82) is 0 Å². The zero-order valence-corrected chi connectivity index (χ0v) is 12.9. The monoisotopic (exact) mass is 312 g/mol. The molecule has 1 aromatic rings. The SMILES string of the molecule is CC.CC.CC(O)C(=O)c1ccc(Cl)c(C(F)(F)F)c1. The van der Waals surface area contributed by atoms with Crippen LogP contribution >= 0.6 is 11.6 Å². The summed E-state index contributed by atoms with van der Waals surface area (Å²) < 4.78 is 37.3. The van der Waals surface area contributed by atoms with E-state index in [9.17, 15) is 18.0 Å². The minimum Gasteiger partial charge on any atom is -0.385 e. The van der Waals surface area contributed by atoms with Crippen molar-refractivity contribution in [1.82, 2.24) is 0 Å². The fraction of sp³-hybridized carbons (Fsp3) is 0.500. The average molecular weight is 313 g/mol. The van der Waals surface area contributed by atoms with Crippen molar-refractivity contribution in [3.05, 3.63) is 34.3 Å². The first-order chi connectivity index (χ1) is 9.23. The van der Waals surface area contributed by atoms with E-state index < -0.39 is 28.6 Å². The van der Waals surface area contributed by atoms with Crippen LogP contribution in [0.1, 0.15) is 50.5 Å². The average Bonchev–Trinajstić information content (AvgIpc) is 2.41. The zero-order chi connectivity index (χ0) is 16.5. The Balaban J connectivity index is 0. The summed E-state index contributed by atoms with van der Waals surface area (Å²) in [6.07, 6.45) is -5.96. The van der Waals surface area contributed by atoms with Crippen molar-refractivity contribution >= 4 is 17.4 Å². The molecule has 0 aliphatic rings. The predicted molar refractivity (Wildman–Crippen MR) is 75.2 cm³/mol. The lowest BCUT2D eigenvalue weighted by molar-refractivity contribution is -0.137. The molecule has 0 saturated heterocycles. The van der Waals surface area contributed by atoms with Gasteiger partial charge in [-0.2, -0.15) is 13.2 Å². The molecule has 0 saturated carbocycles. The molecule has 20 heavy (non-hydrogen) atoms. The first-order valence-electron chi connectivity index (χ1n) is 6.32. The Kier molecular flexibility index (Phi) is 10.4. The van der Waals surface area contributed by atoms with Crippen molar-refractivity contribution in [3.8, 4) is 0 Å². The predicted octanol–water partition coefficient (Wildman–Crippen LogP) is 4.97. The second kappa shape index (κ2) is 9.77. The van der Waals surface area contributed by atoms with E-state index in [0.29, 0.717) is 6.07 Å². The van der Waals surface area contributed by atoms with Crippen LogP contribution in [0.5, 0.6) is 0 Å². The van der Waals surface area contributed by atoms with Crippen LogP contribution in [-0.4, -0.2) is 17.0 Å². The number of halogens is 4. The molecule has 0 fully saturated rings. The number of hydrogen-bond acceptors (Lipinski definition) is 2. The van der Waals surface area contributed by atoms with Crippen molar-refractivity contribution in [2.45, 2.75) is 46.9 Å². The molecule has 1 aromatic carbocycles. The van der Waals surface area contributed by atoms with Crippen molar-refractivity contribution < 1.29 is 23.1 Å². The molecule has 0 aliphatic carbocycles. The molecule has 0 aliphatic heterocycles. The lowest BCUT2D eigenvalue weighted by Crippen LogP contribution is -2.17. The summed E-state index contributed by atoms with van der Waals surface area (Å²) in [6, 6.07) is 2.77. The number of carbonyl (C=O) groups excluding carboxylic acids is 1. The molecule has 0 heterocycles. The van der Waals surface area contributed by atoms with E-state index in [0.717, 1.165) is 12.1 Å². The molecule has 1 unspecified atom stereocenters. The molecule has 0 radical (unpaired) electrons. The Morgan fingerprint density at radius 2 is 1.65 bits per heavy atom. The minimum absolute atomic E-state index is 0.216. The third-order valence-corrected chi connectivity index (χ3v) is 2.27. The van der Waals surface area contributed by atoms with Gasteiger partial charge in [0, 0.05) is 5.56 Å². The summed E-state index contributed by atoms with van der Waals surface area (Å²) in [5.74, 6) is -0.776. The van der Waals surface area contributed by atoms with Gasteiger partial charge in [-0.3, -0.25) is 4.79 Å². The maximum Gasteiger partial charge on any atom is 0.417 e. The Bertz CT molecular complexity index is 415. The molecular weight excluding hydrogens is 293 g/mol. The van der Waals surface area contributed by atoms with Gasteiger partial charge in [0.05, 0.1) is 10.6 Å². The van der Waals surface area contributed by atoms with Gasteiger partial charge >= 0.3 is 6.18 Å². The quantitative estimate of drug-likeness (QED) is 0.782. The molecule has 1 atom stereocenters. The smallest absolute Gasteiger partial charge is 0.385 e. The van der Waals surface area contributed by atoms with Gasteiger partial charge in [-0.15, -0.1) is 0 Å². The van der Waals surface area contributed by atoms with Crippen LogP contribution < -0.4 is 0 Å². The van der Waals surface area contributed by atoms with E-state index in [1.807, 2.05) is 27.7 Å². The number of aliphatic hydroxyl groups excluding tert-OH is 1. The van der Waals surface area contributed by atoms with Crippen LogP contribution in [0, 0.1) is 0 Å². The van der Waals surface area contributed by atoms with Crippen molar-refractivity contribution in [2.75, 3.05) is 0 Å². The number of carbonyl (C=O) groups is 1. The van der Waals surface area contributed by atoms with Crippen LogP contribution in [-0.2, 0) is 6.18 Å². The van der Waals surface area contributed by atoms with Crippen LogP contribution in [0.3, 0.4) is 0 Å². The largest absolute Gasteiger partial charge is 0.417 e. The Labute approximate surface area is 122 Å². The van der Waals surface area contributed by atoms with Gasteiger partial charge in [0.1, 0.15) is 6.10 Å². The van der Waals surface area contributed by atoms with Crippen molar-refractivity contribution in [3.63, 3.8) is 0 Å². The van der Waals surface area contributed by atoms with Crippen molar-refractivity contribution in [2.24, 2.45) is 0 Å². The summed E-state index contributed by atoms with van der Waals surface area (Å²) in [5, 5.41) is 8.50. The van der Waals surface area contributed by atoms with Crippen LogP contribution in [0.25, 0.3) is 0 Å².